The van der Waals surface area contributed by atoms with Crippen molar-refractivity contribution in [3.63, 3.8) is 0 Å². The summed E-state index contributed by atoms with van der Waals surface area (Å²) in [4.78, 5) is 0. The van der Waals surface area contributed by atoms with Crippen LogP contribution in [0.2, 0.25) is 0 Å². The third-order valence-electron chi connectivity index (χ3n) is 4.07. The molecule has 0 aliphatic heterocycles. The van der Waals surface area contributed by atoms with Crippen LogP contribution < -0.4 is 5.73 Å². The molecule has 0 spiro atoms. The zero-order chi connectivity index (χ0) is 16.7. The van der Waals surface area contributed by atoms with Crippen LogP contribution in [0, 0.1) is 12.7 Å². The molecule has 0 amide bonds. The van der Waals surface area contributed by atoms with Gasteiger partial charge in [-0.25, -0.2) is 9.07 Å². The van der Waals surface area contributed by atoms with Gasteiger partial charge in [0, 0.05) is 17.3 Å². The smallest absolute Gasteiger partial charge is 0.150 e. The molecular weight excluding hydrogens is 301 g/mol. The zero-order valence-electron chi connectivity index (χ0n) is 13.2. The molecule has 3 aromatic carbocycles. The molecule has 0 saturated carbocycles. The van der Waals surface area contributed by atoms with Crippen molar-refractivity contribution in [2.75, 3.05) is 5.73 Å². The highest BCUT2D eigenvalue weighted by Crippen LogP contribution is 2.30. The molecule has 4 aromatic rings. The highest BCUT2D eigenvalue weighted by Gasteiger charge is 2.12. The van der Waals surface area contributed by atoms with Gasteiger partial charge < -0.3 is 5.73 Å². The van der Waals surface area contributed by atoms with Crippen molar-refractivity contribution in [3.8, 4) is 16.8 Å². The van der Waals surface area contributed by atoms with E-state index in [1.165, 1.54) is 6.07 Å². The van der Waals surface area contributed by atoms with Gasteiger partial charge in [0.05, 0.1) is 5.52 Å². The van der Waals surface area contributed by atoms with E-state index in [2.05, 4.69) is 23.3 Å². The summed E-state index contributed by atoms with van der Waals surface area (Å²) in [7, 11) is 0. The summed E-state index contributed by atoms with van der Waals surface area (Å²) in [6.07, 6.45) is 1.87. The summed E-state index contributed by atoms with van der Waals surface area (Å²) in [5.74, 6) is -0.388. The van der Waals surface area contributed by atoms with Crippen molar-refractivity contribution in [2.45, 2.75) is 6.92 Å². The molecule has 24 heavy (non-hydrogen) atoms. The lowest BCUT2D eigenvalue weighted by molar-refractivity contribution is 0.612. The van der Waals surface area contributed by atoms with Gasteiger partial charge in [0.15, 0.2) is 5.82 Å². The lowest BCUT2D eigenvalue weighted by atomic mass is 10.00. The fraction of sp³-hybridized carbons (Fsp3) is 0.0500. The average molecular weight is 317 g/mol. The predicted molar refractivity (Wildman–Crippen MR) is 95.6 cm³/mol. The van der Waals surface area contributed by atoms with Crippen molar-refractivity contribution < 1.29 is 4.39 Å². The molecule has 0 bridgehead atoms. The Morgan fingerprint density at radius 1 is 1.00 bits per heavy atom. The molecule has 0 saturated heterocycles. The third-order valence-corrected chi connectivity index (χ3v) is 4.07. The van der Waals surface area contributed by atoms with E-state index in [0.717, 1.165) is 27.6 Å². The van der Waals surface area contributed by atoms with E-state index in [4.69, 9.17) is 5.73 Å². The summed E-state index contributed by atoms with van der Waals surface area (Å²) in [5, 5.41) is 5.55. The Kier molecular flexibility index (Phi) is 3.31. The van der Waals surface area contributed by atoms with Crippen LogP contribution in [0.15, 0.2) is 66.9 Å². The molecular formula is C20H16FN3. The molecule has 4 rings (SSSR count). The maximum Gasteiger partial charge on any atom is 0.150 e. The number of nitrogen functional groups attached to an aromatic ring is 1. The standard InChI is InChI=1S/C20H16FN3/c1-13-9-16(14-5-3-2-4-6-14)17-12-24(23-19(17)10-13)20-8-7-15(22)11-18(20)21/h2-12H,22H2,1H3. The first-order valence-corrected chi connectivity index (χ1v) is 7.73. The number of halogens is 1. The van der Waals surface area contributed by atoms with Gasteiger partial charge >= 0.3 is 0 Å². The normalized spacial score (nSPS) is 11.1. The molecule has 1 aromatic heterocycles. The number of aromatic nitrogens is 2. The highest BCUT2D eigenvalue weighted by molar-refractivity contribution is 5.95. The molecule has 2 N–H and O–H groups in total. The number of hydrogen-bond acceptors (Lipinski definition) is 2. The van der Waals surface area contributed by atoms with Crippen molar-refractivity contribution in [3.05, 3.63) is 78.2 Å². The Balaban J connectivity index is 1.95. The summed E-state index contributed by atoms with van der Waals surface area (Å²) >= 11 is 0. The van der Waals surface area contributed by atoms with Crippen LogP contribution in [0.5, 0.6) is 0 Å². The summed E-state index contributed by atoms with van der Waals surface area (Å²) < 4.78 is 15.8. The molecule has 0 atom stereocenters. The van der Waals surface area contributed by atoms with Crippen LogP contribution in [-0.2, 0) is 0 Å². The van der Waals surface area contributed by atoms with Crippen LogP contribution >= 0.6 is 0 Å². The lowest BCUT2D eigenvalue weighted by Crippen LogP contribution is -1.99. The average Bonchev–Trinajstić information content (AvgIpc) is 2.98. The van der Waals surface area contributed by atoms with Crippen LogP contribution in [0.3, 0.4) is 0 Å². The van der Waals surface area contributed by atoms with Crippen molar-refractivity contribution >= 4 is 16.6 Å². The molecule has 1 heterocycles. The fourth-order valence-corrected chi connectivity index (χ4v) is 2.95. The number of benzene rings is 3. The van der Waals surface area contributed by atoms with Gasteiger partial charge in [0.2, 0.25) is 0 Å². The minimum absolute atomic E-state index is 0.386. The third kappa shape index (κ3) is 2.42. The first-order chi connectivity index (χ1) is 11.6. The molecule has 0 fully saturated rings. The van der Waals surface area contributed by atoms with Crippen LogP contribution in [0.25, 0.3) is 27.7 Å². The number of aryl methyl sites for hydroxylation is 1. The van der Waals surface area contributed by atoms with Gasteiger partial charge in [0.1, 0.15) is 5.69 Å². The van der Waals surface area contributed by atoms with E-state index in [1.54, 1.807) is 16.8 Å². The number of fused-ring (bicyclic) bond motifs is 1. The number of anilines is 1. The van der Waals surface area contributed by atoms with Gasteiger partial charge in [-0.05, 0) is 47.9 Å². The van der Waals surface area contributed by atoms with E-state index in [-0.39, 0.29) is 5.82 Å². The number of nitrogens with zero attached hydrogens (tertiary/aromatic N) is 2. The summed E-state index contributed by atoms with van der Waals surface area (Å²) in [6, 6.07) is 18.9. The molecule has 0 unspecified atom stereocenters. The first kappa shape index (κ1) is 14.5. The molecule has 118 valence electrons. The minimum Gasteiger partial charge on any atom is -0.399 e. The largest absolute Gasteiger partial charge is 0.399 e. The second-order valence-electron chi connectivity index (χ2n) is 5.90. The molecule has 0 radical (unpaired) electrons. The van der Waals surface area contributed by atoms with Crippen LogP contribution in [-0.4, -0.2) is 9.78 Å². The zero-order valence-corrected chi connectivity index (χ0v) is 13.2. The Morgan fingerprint density at radius 3 is 2.54 bits per heavy atom. The van der Waals surface area contributed by atoms with Gasteiger partial charge in [0.25, 0.3) is 0 Å². The van der Waals surface area contributed by atoms with Crippen LogP contribution in [0.1, 0.15) is 5.56 Å². The van der Waals surface area contributed by atoms with E-state index in [9.17, 15) is 4.39 Å². The molecule has 0 aliphatic carbocycles. The second-order valence-corrected chi connectivity index (χ2v) is 5.90. The molecule has 3 nitrogen and oxygen atoms in total. The molecule has 4 heteroatoms. The molecule has 0 aliphatic rings. The van der Waals surface area contributed by atoms with Crippen LogP contribution in [0.4, 0.5) is 10.1 Å². The van der Waals surface area contributed by atoms with Gasteiger partial charge in [-0.3, -0.25) is 0 Å². The lowest BCUT2D eigenvalue weighted by Gasteiger charge is -2.04. The second kappa shape index (κ2) is 5.49. The highest BCUT2D eigenvalue weighted by atomic mass is 19.1. The topological polar surface area (TPSA) is 43.8 Å². The SMILES string of the molecule is Cc1cc(-c2ccccc2)c2cn(-c3ccc(N)cc3F)nc2c1. The fourth-order valence-electron chi connectivity index (χ4n) is 2.95. The summed E-state index contributed by atoms with van der Waals surface area (Å²) in [6.45, 7) is 2.04. The number of rotatable bonds is 2. The minimum atomic E-state index is -0.388. The first-order valence-electron chi connectivity index (χ1n) is 7.73. The van der Waals surface area contributed by atoms with Gasteiger partial charge in [-0.1, -0.05) is 36.4 Å². The van der Waals surface area contributed by atoms with E-state index >= 15 is 0 Å². The van der Waals surface area contributed by atoms with E-state index in [1.807, 2.05) is 37.4 Å². The van der Waals surface area contributed by atoms with E-state index in [0.29, 0.717) is 11.4 Å². The van der Waals surface area contributed by atoms with Crippen molar-refractivity contribution in [2.24, 2.45) is 0 Å². The van der Waals surface area contributed by atoms with Gasteiger partial charge in [-0.15, -0.1) is 0 Å². The summed E-state index contributed by atoms with van der Waals surface area (Å²) in [5.41, 5.74) is 10.6. The number of hydrogen-bond donors (Lipinski definition) is 1. The maximum absolute atomic E-state index is 14.2. The monoisotopic (exact) mass is 317 g/mol. The Morgan fingerprint density at radius 2 is 1.79 bits per heavy atom. The maximum atomic E-state index is 14.2. The quantitative estimate of drug-likeness (QED) is 0.544. The Hall–Kier alpha value is -3.14. The predicted octanol–water partition coefficient (Wildman–Crippen LogP) is 4.72. The number of nitrogens with two attached hydrogens (primary N) is 1. The van der Waals surface area contributed by atoms with E-state index < -0.39 is 0 Å². The Bertz CT molecular complexity index is 1040. The van der Waals surface area contributed by atoms with Gasteiger partial charge in [-0.2, -0.15) is 5.10 Å². The van der Waals surface area contributed by atoms with Crippen molar-refractivity contribution in [1.29, 1.82) is 0 Å². The van der Waals surface area contributed by atoms with Crippen molar-refractivity contribution in [1.82, 2.24) is 9.78 Å². The Labute approximate surface area is 139 Å².